The predicted molar refractivity (Wildman–Crippen MR) is 88.8 cm³/mol. The fourth-order valence-corrected chi connectivity index (χ4v) is 1.94. The van der Waals surface area contributed by atoms with Crippen molar-refractivity contribution in [1.29, 1.82) is 0 Å². The molecule has 0 spiro atoms. The summed E-state index contributed by atoms with van der Waals surface area (Å²) in [5, 5.41) is 14.3. The third-order valence-corrected chi connectivity index (χ3v) is 3.21. The molecule has 130 valence electrons. The van der Waals surface area contributed by atoms with Gasteiger partial charge in [0.1, 0.15) is 17.1 Å². The molecular weight excluding hydrogens is 330 g/mol. The SMILES string of the molecule is COc1ccc(C(=O)O/N=C(\N)c2cccc([N+](=O)[O-])c2)c(OC)c1. The Hall–Kier alpha value is -3.62. The van der Waals surface area contributed by atoms with E-state index in [1.54, 1.807) is 6.07 Å². The lowest BCUT2D eigenvalue weighted by atomic mass is 10.2. The lowest BCUT2D eigenvalue weighted by molar-refractivity contribution is -0.384. The maximum absolute atomic E-state index is 12.1. The van der Waals surface area contributed by atoms with Gasteiger partial charge < -0.3 is 20.0 Å². The van der Waals surface area contributed by atoms with Gasteiger partial charge in [0.15, 0.2) is 5.84 Å². The summed E-state index contributed by atoms with van der Waals surface area (Å²) in [5.74, 6) is -0.223. The van der Waals surface area contributed by atoms with Gasteiger partial charge in [0, 0.05) is 23.8 Å². The monoisotopic (exact) mass is 345 g/mol. The van der Waals surface area contributed by atoms with Gasteiger partial charge in [-0.2, -0.15) is 0 Å². The zero-order valence-electron chi connectivity index (χ0n) is 13.5. The minimum atomic E-state index is -0.798. The number of carbonyl (C=O) groups excluding carboxylic acids is 1. The Balaban J connectivity index is 2.19. The van der Waals surface area contributed by atoms with E-state index in [1.807, 2.05) is 0 Å². The number of nitro groups is 1. The van der Waals surface area contributed by atoms with Crippen LogP contribution in [-0.2, 0) is 4.84 Å². The molecule has 0 unspecified atom stereocenters. The number of hydrogen-bond donors (Lipinski definition) is 1. The minimum Gasteiger partial charge on any atom is -0.497 e. The molecule has 0 atom stereocenters. The number of nitro benzene ring substituents is 1. The summed E-state index contributed by atoms with van der Waals surface area (Å²) < 4.78 is 10.2. The Morgan fingerprint density at radius 3 is 2.56 bits per heavy atom. The Morgan fingerprint density at radius 1 is 1.16 bits per heavy atom. The predicted octanol–water partition coefficient (Wildman–Crippen LogP) is 2.09. The normalized spacial score (nSPS) is 10.9. The minimum absolute atomic E-state index is 0.124. The highest BCUT2D eigenvalue weighted by Gasteiger charge is 2.16. The van der Waals surface area contributed by atoms with Crippen LogP contribution in [0.25, 0.3) is 0 Å². The molecule has 0 aliphatic carbocycles. The Bertz CT molecular complexity index is 834. The van der Waals surface area contributed by atoms with Crippen molar-refractivity contribution >= 4 is 17.5 Å². The van der Waals surface area contributed by atoms with E-state index in [2.05, 4.69) is 5.16 Å². The van der Waals surface area contributed by atoms with E-state index >= 15 is 0 Å². The molecule has 0 radical (unpaired) electrons. The first-order chi connectivity index (χ1) is 12.0. The standard InChI is InChI=1S/C16H15N3O6/c1-23-12-6-7-13(14(9-12)24-2)16(20)25-18-15(17)10-4-3-5-11(8-10)19(21)22/h3-9H,1-2H3,(H2,17,18). The Labute approximate surface area is 142 Å². The number of ether oxygens (including phenoxy) is 2. The molecule has 0 aromatic heterocycles. The largest absolute Gasteiger partial charge is 0.497 e. The van der Waals surface area contributed by atoms with Gasteiger partial charge in [-0.05, 0) is 12.1 Å². The van der Waals surface area contributed by atoms with E-state index in [9.17, 15) is 14.9 Å². The summed E-state index contributed by atoms with van der Waals surface area (Å²) in [6, 6.07) is 10.0. The van der Waals surface area contributed by atoms with Crippen molar-refractivity contribution in [3.63, 3.8) is 0 Å². The lowest BCUT2D eigenvalue weighted by Crippen LogP contribution is -2.15. The van der Waals surface area contributed by atoms with Crippen LogP contribution in [0.3, 0.4) is 0 Å². The van der Waals surface area contributed by atoms with Crippen molar-refractivity contribution in [2.75, 3.05) is 14.2 Å². The summed E-state index contributed by atoms with van der Waals surface area (Å²) in [6.45, 7) is 0. The van der Waals surface area contributed by atoms with Gasteiger partial charge in [0.2, 0.25) is 0 Å². The summed E-state index contributed by atoms with van der Waals surface area (Å²) in [5.41, 5.74) is 5.93. The summed E-state index contributed by atoms with van der Waals surface area (Å²) in [6.07, 6.45) is 0. The average Bonchev–Trinajstić information content (AvgIpc) is 2.65. The number of amidine groups is 1. The maximum Gasteiger partial charge on any atom is 0.369 e. The van der Waals surface area contributed by atoms with Gasteiger partial charge in [0.05, 0.1) is 19.1 Å². The molecule has 25 heavy (non-hydrogen) atoms. The molecule has 0 saturated heterocycles. The smallest absolute Gasteiger partial charge is 0.369 e. The first-order valence-corrected chi connectivity index (χ1v) is 6.98. The molecule has 0 amide bonds. The second kappa shape index (κ2) is 7.77. The van der Waals surface area contributed by atoms with Gasteiger partial charge >= 0.3 is 5.97 Å². The third-order valence-electron chi connectivity index (χ3n) is 3.21. The van der Waals surface area contributed by atoms with Gasteiger partial charge in [-0.15, -0.1) is 0 Å². The van der Waals surface area contributed by atoms with Crippen LogP contribution in [-0.4, -0.2) is 30.9 Å². The van der Waals surface area contributed by atoms with Gasteiger partial charge in [-0.1, -0.05) is 17.3 Å². The zero-order chi connectivity index (χ0) is 18.4. The van der Waals surface area contributed by atoms with Crippen molar-refractivity contribution in [2.24, 2.45) is 10.9 Å². The molecule has 2 aromatic carbocycles. The molecule has 9 heteroatoms. The number of nitrogens with zero attached hydrogens (tertiary/aromatic N) is 2. The van der Waals surface area contributed by atoms with Crippen LogP contribution in [0.15, 0.2) is 47.6 Å². The van der Waals surface area contributed by atoms with E-state index < -0.39 is 10.9 Å². The van der Waals surface area contributed by atoms with Crippen molar-refractivity contribution in [3.05, 3.63) is 63.7 Å². The van der Waals surface area contributed by atoms with Crippen LogP contribution >= 0.6 is 0 Å². The van der Waals surface area contributed by atoms with Crippen LogP contribution in [0.4, 0.5) is 5.69 Å². The van der Waals surface area contributed by atoms with Crippen LogP contribution in [0.5, 0.6) is 11.5 Å². The first-order valence-electron chi connectivity index (χ1n) is 6.98. The van der Waals surface area contributed by atoms with Crippen LogP contribution in [0.1, 0.15) is 15.9 Å². The summed E-state index contributed by atoms with van der Waals surface area (Å²) >= 11 is 0. The molecule has 0 saturated carbocycles. The van der Waals surface area contributed by atoms with Crippen molar-refractivity contribution in [2.45, 2.75) is 0 Å². The Kier molecular flexibility index (Phi) is 5.51. The van der Waals surface area contributed by atoms with Crippen LogP contribution in [0, 0.1) is 10.1 Å². The van der Waals surface area contributed by atoms with E-state index in [1.165, 1.54) is 50.6 Å². The Morgan fingerprint density at radius 2 is 1.92 bits per heavy atom. The quantitative estimate of drug-likeness (QED) is 0.279. The highest BCUT2D eigenvalue weighted by Crippen LogP contribution is 2.25. The topological polar surface area (TPSA) is 126 Å². The average molecular weight is 345 g/mol. The molecule has 2 rings (SSSR count). The molecular formula is C16H15N3O6. The van der Waals surface area contributed by atoms with E-state index in [0.717, 1.165) is 0 Å². The van der Waals surface area contributed by atoms with E-state index in [4.69, 9.17) is 20.0 Å². The number of benzene rings is 2. The van der Waals surface area contributed by atoms with E-state index in [0.29, 0.717) is 5.75 Å². The molecule has 0 aliphatic heterocycles. The van der Waals surface area contributed by atoms with Gasteiger partial charge in [-0.25, -0.2) is 4.79 Å². The number of rotatable bonds is 6. The van der Waals surface area contributed by atoms with Crippen molar-refractivity contribution in [1.82, 2.24) is 0 Å². The summed E-state index contributed by atoms with van der Waals surface area (Å²) in [4.78, 5) is 27.1. The second-order valence-corrected chi connectivity index (χ2v) is 4.73. The zero-order valence-corrected chi connectivity index (χ0v) is 13.5. The number of carbonyl (C=O) groups is 1. The second-order valence-electron chi connectivity index (χ2n) is 4.73. The fraction of sp³-hybridized carbons (Fsp3) is 0.125. The highest BCUT2D eigenvalue weighted by molar-refractivity contribution is 5.99. The molecule has 2 aromatic rings. The molecule has 9 nitrogen and oxygen atoms in total. The number of nitrogens with two attached hydrogens (primary N) is 1. The van der Waals surface area contributed by atoms with Gasteiger partial charge in [-0.3, -0.25) is 10.1 Å². The van der Waals surface area contributed by atoms with Crippen LogP contribution in [0.2, 0.25) is 0 Å². The maximum atomic E-state index is 12.1. The van der Waals surface area contributed by atoms with Gasteiger partial charge in [0.25, 0.3) is 5.69 Å². The highest BCUT2D eigenvalue weighted by atomic mass is 16.7. The number of methoxy groups -OCH3 is 2. The van der Waals surface area contributed by atoms with Crippen molar-refractivity contribution < 1.29 is 24.0 Å². The lowest BCUT2D eigenvalue weighted by Gasteiger charge is -2.08. The van der Waals surface area contributed by atoms with E-state index in [-0.39, 0.29) is 28.4 Å². The molecule has 0 aliphatic rings. The molecule has 0 bridgehead atoms. The number of non-ortho nitro benzene ring substituents is 1. The molecule has 0 heterocycles. The fourth-order valence-electron chi connectivity index (χ4n) is 1.94. The number of oxime groups is 1. The molecule has 0 fully saturated rings. The summed E-state index contributed by atoms with van der Waals surface area (Å²) in [7, 11) is 2.88. The van der Waals surface area contributed by atoms with Crippen molar-refractivity contribution in [3.8, 4) is 11.5 Å². The number of hydrogen-bond acceptors (Lipinski definition) is 7. The van der Waals surface area contributed by atoms with Crippen LogP contribution < -0.4 is 15.2 Å². The molecule has 2 N–H and O–H groups in total. The third kappa shape index (κ3) is 4.22. The first kappa shape index (κ1) is 17.7.